The summed E-state index contributed by atoms with van der Waals surface area (Å²) >= 11 is 0. The van der Waals surface area contributed by atoms with Crippen LogP contribution in [0.25, 0.3) is 0 Å². The predicted octanol–water partition coefficient (Wildman–Crippen LogP) is 3.53. The zero-order valence-corrected chi connectivity index (χ0v) is 9.79. The summed E-state index contributed by atoms with van der Waals surface area (Å²) in [5, 5.41) is 9.93. The Morgan fingerprint density at radius 3 is 2.29 bits per heavy atom. The van der Waals surface area contributed by atoms with Gasteiger partial charge in [0.25, 0.3) is 0 Å². The largest absolute Gasteiger partial charge is 0.389 e. The molecule has 1 fully saturated rings. The summed E-state index contributed by atoms with van der Waals surface area (Å²) in [4.78, 5) is 0. The highest BCUT2D eigenvalue weighted by Gasteiger charge is 2.24. The monoisotopic (exact) mass is 196 g/mol. The topological polar surface area (TPSA) is 20.2 Å². The summed E-state index contributed by atoms with van der Waals surface area (Å²) in [5.74, 6) is 1.44. The van der Waals surface area contributed by atoms with Crippen LogP contribution in [0.4, 0.5) is 0 Å². The number of aliphatic hydroxyl groups is 1. The third-order valence-corrected chi connectivity index (χ3v) is 3.46. The third kappa shape index (κ3) is 3.45. The van der Waals surface area contributed by atoms with Gasteiger partial charge >= 0.3 is 0 Å². The van der Waals surface area contributed by atoms with E-state index in [1.54, 1.807) is 0 Å². The van der Waals surface area contributed by atoms with Crippen molar-refractivity contribution < 1.29 is 5.11 Å². The Balaban J connectivity index is 2.37. The second-order valence-corrected chi connectivity index (χ2v) is 4.92. The second kappa shape index (κ2) is 5.55. The minimum atomic E-state index is -0.196. The number of allylic oxidation sites excluding steroid dienone is 1. The molecule has 1 unspecified atom stereocenters. The summed E-state index contributed by atoms with van der Waals surface area (Å²) in [6.07, 6.45) is 8.18. The molecule has 1 aliphatic carbocycles. The maximum absolute atomic E-state index is 9.93. The molecule has 0 aromatic carbocycles. The van der Waals surface area contributed by atoms with Crippen molar-refractivity contribution in [3.8, 4) is 0 Å². The molecular weight excluding hydrogens is 172 g/mol. The lowest BCUT2D eigenvalue weighted by atomic mass is 9.78. The Morgan fingerprint density at radius 1 is 1.29 bits per heavy atom. The van der Waals surface area contributed by atoms with E-state index < -0.39 is 0 Å². The first-order valence-corrected chi connectivity index (χ1v) is 5.96. The van der Waals surface area contributed by atoms with Gasteiger partial charge in [-0.2, -0.15) is 0 Å². The highest BCUT2D eigenvalue weighted by Crippen LogP contribution is 2.32. The van der Waals surface area contributed by atoms with E-state index in [9.17, 15) is 5.11 Å². The number of rotatable bonds is 3. The molecule has 0 heterocycles. The lowest BCUT2D eigenvalue weighted by molar-refractivity contribution is 0.109. The fraction of sp³-hybridized carbons (Fsp3) is 0.846. The van der Waals surface area contributed by atoms with Gasteiger partial charge in [-0.25, -0.2) is 0 Å². The Kier molecular flexibility index (Phi) is 4.67. The Bertz CT molecular complexity index is 183. The summed E-state index contributed by atoms with van der Waals surface area (Å²) in [5.41, 5.74) is 1.23. The van der Waals surface area contributed by atoms with Crippen LogP contribution in [0.3, 0.4) is 0 Å². The van der Waals surface area contributed by atoms with Crippen LogP contribution in [0.5, 0.6) is 0 Å². The predicted molar refractivity (Wildman–Crippen MR) is 61.2 cm³/mol. The summed E-state index contributed by atoms with van der Waals surface area (Å²) in [6.45, 7) is 6.39. The van der Waals surface area contributed by atoms with Crippen LogP contribution in [0.15, 0.2) is 11.6 Å². The van der Waals surface area contributed by atoms with Crippen molar-refractivity contribution in [3.63, 3.8) is 0 Å². The highest BCUT2D eigenvalue weighted by molar-refractivity contribution is 5.00. The van der Waals surface area contributed by atoms with E-state index in [2.05, 4.69) is 20.8 Å². The number of aliphatic hydroxyl groups excluding tert-OH is 1. The third-order valence-electron chi connectivity index (χ3n) is 3.46. The molecule has 1 rings (SSSR count). The average Bonchev–Trinajstić information content (AvgIpc) is 2.17. The molecule has 0 bridgehead atoms. The Morgan fingerprint density at radius 2 is 1.86 bits per heavy atom. The smallest absolute Gasteiger partial charge is 0.0751 e. The molecule has 82 valence electrons. The molecular formula is C13H24O. The molecule has 1 saturated carbocycles. The molecule has 1 aliphatic rings. The minimum absolute atomic E-state index is 0.196. The molecule has 0 aliphatic heterocycles. The Hall–Kier alpha value is -0.300. The zero-order chi connectivity index (χ0) is 10.6. The molecule has 0 aromatic rings. The van der Waals surface area contributed by atoms with Gasteiger partial charge in [0.2, 0.25) is 0 Å². The lowest BCUT2D eigenvalue weighted by Gasteiger charge is -2.30. The van der Waals surface area contributed by atoms with Gasteiger partial charge in [-0.05, 0) is 38.5 Å². The van der Waals surface area contributed by atoms with E-state index in [0.29, 0.717) is 5.92 Å². The maximum atomic E-state index is 9.93. The van der Waals surface area contributed by atoms with Crippen molar-refractivity contribution in [2.75, 3.05) is 0 Å². The van der Waals surface area contributed by atoms with E-state index in [1.165, 1.54) is 37.7 Å². The van der Waals surface area contributed by atoms with Crippen LogP contribution >= 0.6 is 0 Å². The molecule has 0 amide bonds. The van der Waals surface area contributed by atoms with Crippen molar-refractivity contribution >= 4 is 0 Å². The van der Waals surface area contributed by atoms with Gasteiger partial charge in [0.05, 0.1) is 6.10 Å². The van der Waals surface area contributed by atoms with Gasteiger partial charge in [-0.15, -0.1) is 0 Å². The van der Waals surface area contributed by atoms with Crippen LogP contribution in [0.1, 0.15) is 52.9 Å². The summed E-state index contributed by atoms with van der Waals surface area (Å²) in [7, 11) is 0. The van der Waals surface area contributed by atoms with Gasteiger partial charge in [0.1, 0.15) is 0 Å². The molecule has 1 heteroatoms. The molecule has 1 N–H and O–H groups in total. The molecule has 0 aromatic heterocycles. The van der Waals surface area contributed by atoms with E-state index in [4.69, 9.17) is 0 Å². The Labute approximate surface area is 88.2 Å². The first-order chi connectivity index (χ1) is 6.63. The van der Waals surface area contributed by atoms with Crippen LogP contribution in [0.2, 0.25) is 0 Å². The van der Waals surface area contributed by atoms with Gasteiger partial charge in [0.15, 0.2) is 0 Å². The average molecular weight is 196 g/mol. The fourth-order valence-electron chi connectivity index (χ4n) is 2.42. The van der Waals surface area contributed by atoms with Crippen LogP contribution in [0, 0.1) is 11.8 Å². The van der Waals surface area contributed by atoms with Gasteiger partial charge in [-0.1, -0.05) is 37.8 Å². The van der Waals surface area contributed by atoms with Crippen molar-refractivity contribution in [1.29, 1.82) is 0 Å². The van der Waals surface area contributed by atoms with Crippen molar-refractivity contribution in [3.05, 3.63) is 11.6 Å². The zero-order valence-electron chi connectivity index (χ0n) is 9.79. The van der Waals surface area contributed by atoms with Crippen molar-refractivity contribution in [2.24, 2.45) is 11.8 Å². The summed E-state index contributed by atoms with van der Waals surface area (Å²) < 4.78 is 0. The molecule has 14 heavy (non-hydrogen) atoms. The van der Waals surface area contributed by atoms with E-state index in [-0.39, 0.29) is 6.10 Å². The van der Waals surface area contributed by atoms with Crippen LogP contribution in [-0.2, 0) is 0 Å². The molecule has 0 radical (unpaired) electrons. The van der Waals surface area contributed by atoms with Crippen LogP contribution < -0.4 is 0 Å². The minimum Gasteiger partial charge on any atom is -0.389 e. The van der Waals surface area contributed by atoms with Gasteiger partial charge in [0, 0.05) is 0 Å². The standard InChI is InChI=1S/C13H24O/c1-4-11-5-7-12(8-6-11)13(14)9-10(2)3/h9,11-14H,4-8H2,1-3H3. The van der Waals surface area contributed by atoms with Crippen molar-refractivity contribution in [1.82, 2.24) is 0 Å². The summed E-state index contributed by atoms with van der Waals surface area (Å²) in [6, 6.07) is 0. The lowest BCUT2D eigenvalue weighted by Crippen LogP contribution is -2.24. The quantitative estimate of drug-likeness (QED) is 0.685. The van der Waals surface area contributed by atoms with E-state index in [1.807, 2.05) is 6.08 Å². The van der Waals surface area contributed by atoms with Gasteiger partial charge in [-0.3, -0.25) is 0 Å². The molecule has 0 spiro atoms. The highest BCUT2D eigenvalue weighted by atomic mass is 16.3. The number of hydrogen-bond acceptors (Lipinski definition) is 1. The fourth-order valence-corrected chi connectivity index (χ4v) is 2.42. The SMILES string of the molecule is CCC1CCC(C(O)C=C(C)C)CC1. The van der Waals surface area contributed by atoms with E-state index in [0.717, 1.165) is 5.92 Å². The first-order valence-electron chi connectivity index (χ1n) is 5.96. The second-order valence-electron chi connectivity index (χ2n) is 4.92. The van der Waals surface area contributed by atoms with Crippen molar-refractivity contribution in [2.45, 2.75) is 59.0 Å². The van der Waals surface area contributed by atoms with Crippen LogP contribution in [-0.4, -0.2) is 11.2 Å². The molecule has 1 nitrogen and oxygen atoms in total. The number of hydrogen-bond donors (Lipinski definition) is 1. The van der Waals surface area contributed by atoms with E-state index >= 15 is 0 Å². The normalized spacial score (nSPS) is 29.7. The first kappa shape index (κ1) is 11.8. The van der Waals surface area contributed by atoms with Gasteiger partial charge < -0.3 is 5.11 Å². The molecule has 0 saturated heterocycles. The molecule has 1 atom stereocenters. The maximum Gasteiger partial charge on any atom is 0.0751 e.